The molecule has 0 aromatic heterocycles. The average Bonchev–Trinajstić information content (AvgIpc) is 2.11. The summed E-state index contributed by atoms with van der Waals surface area (Å²) in [6.45, 7) is 6.00. The fourth-order valence-electron chi connectivity index (χ4n) is 1.39. The average molecular weight is 232 g/mol. The Hall–Kier alpha value is -0.220. The van der Waals surface area contributed by atoms with Crippen molar-refractivity contribution in [1.82, 2.24) is 0 Å². The maximum atomic E-state index is 11.0. The molecule has 1 amide bonds. The summed E-state index contributed by atoms with van der Waals surface area (Å²) in [6.07, 6.45) is 4.41. The lowest BCUT2D eigenvalue weighted by molar-refractivity contribution is -0.122. The van der Waals surface area contributed by atoms with Crippen molar-refractivity contribution in [3.8, 4) is 0 Å². The summed E-state index contributed by atoms with van der Waals surface area (Å²) < 4.78 is 0. The Kier molecular flexibility index (Phi) is 7.02. The highest BCUT2D eigenvalue weighted by molar-refractivity contribution is 7.99. The van der Waals surface area contributed by atoms with Crippen molar-refractivity contribution in [2.24, 2.45) is 11.5 Å². The van der Waals surface area contributed by atoms with E-state index in [4.69, 9.17) is 11.5 Å². The van der Waals surface area contributed by atoms with Crippen LogP contribution < -0.4 is 11.5 Å². The standard InChI is InChI=1S/C11H24N2OS/c1-4-5-6-7-15-9(2)8-11(3,13)10(12)14/h9H,4-8,13H2,1-3H3,(H2,12,14). The van der Waals surface area contributed by atoms with Crippen molar-refractivity contribution in [2.45, 2.75) is 57.2 Å². The van der Waals surface area contributed by atoms with Gasteiger partial charge in [-0.05, 0) is 25.5 Å². The molecule has 0 saturated carbocycles. The fourth-order valence-corrected chi connectivity index (χ4v) is 2.63. The number of hydrogen-bond donors (Lipinski definition) is 2. The van der Waals surface area contributed by atoms with E-state index in [0.29, 0.717) is 11.7 Å². The smallest absolute Gasteiger partial charge is 0.237 e. The summed E-state index contributed by atoms with van der Waals surface area (Å²) in [5, 5.41) is 0.393. The third-order valence-corrected chi connectivity index (χ3v) is 3.68. The van der Waals surface area contributed by atoms with E-state index in [1.807, 2.05) is 11.8 Å². The lowest BCUT2D eigenvalue weighted by Crippen LogP contribution is -2.50. The maximum Gasteiger partial charge on any atom is 0.237 e. The van der Waals surface area contributed by atoms with Crippen LogP contribution in [-0.2, 0) is 4.79 Å². The number of carbonyl (C=O) groups excluding carboxylic acids is 1. The van der Waals surface area contributed by atoms with Crippen LogP contribution in [0, 0.1) is 0 Å². The Labute approximate surface area is 97.4 Å². The van der Waals surface area contributed by atoms with Crippen LogP contribution in [0.25, 0.3) is 0 Å². The van der Waals surface area contributed by atoms with Gasteiger partial charge in [-0.1, -0.05) is 26.7 Å². The van der Waals surface area contributed by atoms with Crippen LogP contribution in [0.3, 0.4) is 0 Å². The lowest BCUT2D eigenvalue weighted by atomic mass is 9.97. The highest BCUT2D eigenvalue weighted by atomic mass is 32.2. The summed E-state index contributed by atoms with van der Waals surface area (Å²) >= 11 is 1.87. The van der Waals surface area contributed by atoms with Gasteiger partial charge in [-0.2, -0.15) is 11.8 Å². The summed E-state index contributed by atoms with van der Waals surface area (Å²) in [7, 11) is 0. The van der Waals surface area contributed by atoms with Crippen LogP contribution in [0.1, 0.15) is 46.5 Å². The van der Waals surface area contributed by atoms with Crippen molar-refractivity contribution >= 4 is 17.7 Å². The van der Waals surface area contributed by atoms with Crippen molar-refractivity contribution in [3.63, 3.8) is 0 Å². The number of hydrogen-bond acceptors (Lipinski definition) is 3. The molecule has 0 radical (unpaired) electrons. The normalized spacial score (nSPS) is 17.1. The van der Waals surface area contributed by atoms with Gasteiger partial charge in [0, 0.05) is 5.25 Å². The van der Waals surface area contributed by atoms with Gasteiger partial charge in [-0.25, -0.2) is 0 Å². The fraction of sp³-hybridized carbons (Fsp3) is 0.909. The van der Waals surface area contributed by atoms with E-state index in [9.17, 15) is 4.79 Å². The first-order chi connectivity index (χ1) is 6.90. The van der Waals surface area contributed by atoms with E-state index < -0.39 is 11.4 Å². The van der Waals surface area contributed by atoms with Crippen LogP contribution >= 0.6 is 11.8 Å². The monoisotopic (exact) mass is 232 g/mol. The van der Waals surface area contributed by atoms with Gasteiger partial charge in [-0.15, -0.1) is 0 Å². The first-order valence-corrected chi connectivity index (χ1v) is 6.65. The second-order valence-electron chi connectivity index (χ2n) is 4.37. The van der Waals surface area contributed by atoms with E-state index in [0.717, 1.165) is 5.75 Å². The van der Waals surface area contributed by atoms with E-state index in [2.05, 4.69) is 13.8 Å². The number of nitrogens with two attached hydrogens (primary N) is 2. The molecule has 0 heterocycles. The molecule has 4 heteroatoms. The molecule has 0 fully saturated rings. The zero-order valence-electron chi connectivity index (χ0n) is 10.1. The predicted octanol–water partition coefficient (Wildman–Crippen LogP) is 1.89. The summed E-state index contributed by atoms with van der Waals surface area (Å²) in [5.74, 6) is 0.729. The number of unbranched alkanes of at least 4 members (excludes halogenated alkanes) is 2. The molecule has 0 saturated heterocycles. The molecule has 0 rings (SSSR count). The van der Waals surface area contributed by atoms with Gasteiger partial charge in [0.05, 0.1) is 5.54 Å². The molecule has 0 aromatic carbocycles. The summed E-state index contributed by atoms with van der Waals surface area (Å²) in [6, 6.07) is 0. The molecule has 0 bridgehead atoms. The molecule has 2 atom stereocenters. The van der Waals surface area contributed by atoms with Gasteiger partial charge >= 0.3 is 0 Å². The topological polar surface area (TPSA) is 69.1 Å². The molecule has 15 heavy (non-hydrogen) atoms. The number of amides is 1. The molecule has 0 aliphatic carbocycles. The van der Waals surface area contributed by atoms with E-state index in [-0.39, 0.29) is 0 Å². The molecule has 0 aliphatic rings. The second kappa shape index (κ2) is 7.12. The molecule has 0 aromatic rings. The van der Waals surface area contributed by atoms with E-state index >= 15 is 0 Å². The van der Waals surface area contributed by atoms with Crippen LogP contribution in [0.4, 0.5) is 0 Å². The molecule has 3 nitrogen and oxygen atoms in total. The molecular formula is C11H24N2OS. The number of rotatable bonds is 8. The summed E-state index contributed by atoms with van der Waals surface area (Å²) in [4.78, 5) is 11.0. The second-order valence-corrected chi connectivity index (χ2v) is 5.92. The van der Waals surface area contributed by atoms with Gasteiger partial charge in [0.25, 0.3) is 0 Å². The largest absolute Gasteiger partial charge is 0.368 e. The lowest BCUT2D eigenvalue weighted by Gasteiger charge is -2.24. The Balaban J connectivity index is 3.73. The van der Waals surface area contributed by atoms with Crippen LogP contribution in [0.2, 0.25) is 0 Å². The highest BCUT2D eigenvalue weighted by Gasteiger charge is 2.27. The Bertz CT molecular complexity index is 195. The van der Waals surface area contributed by atoms with Gasteiger partial charge < -0.3 is 11.5 Å². The van der Waals surface area contributed by atoms with E-state index in [1.165, 1.54) is 19.3 Å². The number of primary amides is 1. The minimum Gasteiger partial charge on any atom is -0.368 e. The molecule has 90 valence electrons. The number of thioether (sulfide) groups is 1. The first-order valence-electron chi connectivity index (χ1n) is 5.60. The predicted molar refractivity (Wildman–Crippen MR) is 67.8 cm³/mol. The highest BCUT2D eigenvalue weighted by Crippen LogP contribution is 2.21. The molecular weight excluding hydrogens is 208 g/mol. The Morgan fingerprint density at radius 3 is 2.53 bits per heavy atom. The molecule has 0 spiro atoms. The molecule has 2 unspecified atom stereocenters. The third-order valence-electron chi connectivity index (χ3n) is 2.42. The third kappa shape index (κ3) is 6.79. The van der Waals surface area contributed by atoms with Gasteiger partial charge in [-0.3, -0.25) is 4.79 Å². The minimum absolute atomic E-state index is 0.393. The number of carbonyl (C=O) groups is 1. The Morgan fingerprint density at radius 2 is 2.07 bits per heavy atom. The van der Waals surface area contributed by atoms with Gasteiger partial charge in [0.2, 0.25) is 5.91 Å². The first kappa shape index (κ1) is 14.8. The van der Waals surface area contributed by atoms with Crippen LogP contribution in [0.5, 0.6) is 0 Å². The zero-order valence-corrected chi connectivity index (χ0v) is 10.9. The van der Waals surface area contributed by atoms with Crippen molar-refractivity contribution in [3.05, 3.63) is 0 Å². The van der Waals surface area contributed by atoms with Crippen molar-refractivity contribution in [2.75, 3.05) is 5.75 Å². The maximum absolute atomic E-state index is 11.0. The quantitative estimate of drug-likeness (QED) is 0.628. The SMILES string of the molecule is CCCCCSC(C)CC(C)(N)C(N)=O. The van der Waals surface area contributed by atoms with Crippen LogP contribution in [-0.4, -0.2) is 22.4 Å². The van der Waals surface area contributed by atoms with Crippen LogP contribution in [0.15, 0.2) is 0 Å². The van der Waals surface area contributed by atoms with Crippen molar-refractivity contribution in [1.29, 1.82) is 0 Å². The van der Waals surface area contributed by atoms with Gasteiger partial charge in [0.1, 0.15) is 0 Å². The molecule has 4 N–H and O–H groups in total. The minimum atomic E-state index is -0.864. The Morgan fingerprint density at radius 1 is 1.47 bits per heavy atom. The van der Waals surface area contributed by atoms with E-state index in [1.54, 1.807) is 6.92 Å². The summed E-state index contributed by atoms with van der Waals surface area (Å²) in [5.41, 5.74) is 10.2. The molecule has 0 aliphatic heterocycles. The zero-order chi connectivity index (χ0) is 11.9. The van der Waals surface area contributed by atoms with Crippen molar-refractivity contribution < 1.29 is 4.79 Å². The van der Waals surface area contributed by atoms with Gasteiger partial charge in [0.15, 0.2) is 0 Å².